The normalized spacial score (nSPS) is 22.2. The van der Waals surface area contributed by atoms with E-state index in [1.165, 1.54) is 22.6 Å². The van der Waals surface area contributed by atoms with E-state index in [4.69, 9.17) is 4.74 Å². The predicted octanol–water partition coefficient (Wildman–Crippen LogP) is -0.734. The zero-order valence-electron chi connectivity index (χ0n) is 18.3. The number of amides is 1. The maximum Gasteiger partial charge on any atom is 0.256 e. The number of aromatic nitrogens is 8. The number of pyridine rings is 1. The molecule has 4 aromatic rings. The third kappa shape index (κ3) is 3.63. The fourth-order valence-electron chi connectivity index (χ4n) is 3.73. The first-order valence-corrected chi connectivity index (χ1v) is 10.6. The van der Waals surface area contributed by atoms with E-state index in [0.29, 0.717) is 34.9 Å². The van der Waals surface area contributed by atoms with Gasteiger partial charge >= 0.3 is 0 Å². The van der Waals surface area contributed by atoms with Crippen LogP contribution in [0.5, 0.6) is 0 Å². The summed E-state index contributed by atoms with van der Waals surface area (Å²) < 4.78 is 8.54. The highest BCUT2D eigenvalue weighted by Gasteiger charge is 2.47. The maximum absolute atomic E-state index is 12.1. The highest BCUT2D eigenvalue weighted by atomic mass is 16.6. The van der Waals surface area contributed by atoms with Crippen molar-refractivity contribution in [3.05, 3.63) is 36.9 Å². The Hall–Kier alpha value is -4.01. The van der Waals surface area contributed by atoms with Crippen LogP contribution in [0.25, 0.3) is 28.5 Å². The number of hydrogen-bond donors (Lipinski definition) is 4. The highest BCUT2D eigenvalue weighted by molar-refractivity contribution is 5.84. The number of carbonyl (C=O) groups excluding carboxylic acids is 1. The molecule has 0 aliphatic carbocycles. The van der Waals surface area contributed by atoms with Gasteiger partial charge in [0, 0.05) is 19.8 Å². The summed E-state index contributed by atoms with van der Waals surface area (Å²) in [5.74, 6) is 0.0783. The van der Waals surface area contributed by atoms with E-state index in [-0.39, 0.29) is 5.95 Å². The average molecular weight is 466 g/mol. The minimum atomic E-state index is -1.42. The largest absolute Gasteiger partial charge is 0.387 e. The molecule has 176 valence electrons. The lowest BCUT2D eigenvalue weighted by molar-refractivity contribution is -0.137. The molecule has 34 heavy (non-hydrogen) atoms. The number of rotatable bonds is 6. The molecular formula is C20H22N10O4. The molecule has 4 atom stereocenters. The van der Waals surface area contributed by atoms with Crippen LogP contribution in [0, 0.1) is 0 Å². The second kappa shape index (κ2) is 8.74. The number of aliphatic hydroxyl groups excluding tert-OH is 2. The zero-order chi connectivity index (χ0) is 23.8. The number of nitrogens with zero attached hydrogens (tertiary/aromatic N) is 8. The minimum Gasteiger partial charge on any atom is -0.387 e. The molecule has 5 rings (SSSR count). The van der Waals surface area contributed by atoms with E-state index < -0.39 is 30.4 Å². The Kier molecular flexibility index (Phi) is 5.61. The van der Waals surface area contributed by atoms with Crippen molar-refractivity contribution in [1.29, 1.82) is 0 Å². The van der Waals surface area contributed by atoms with Gasteiger partial charge in [-0.2, -0.15) is 14.6 Å². The number of anilines is 1. The van der Waals surface area contributed by atoms with Crippen molar-refractivity contribution >= 4 is 22.9 Å². The molecule has 5 heterocycles. The van der Waals surface area contributed by atoms with Crippen LogP contribution in [-0.4, -0.2) is 87.5 Å². The molecule has 0 bridgehead atoms. The zero-order valence-corrected chi connectivity index (χ0v) is 18.3. The molecule has 0 radical (unpaired) electrons. The minimum absolute atomic E-state index is 0.191. The van der Waals surface area contributed by atoms with Crippen LogP contribution < -0.4 is 10.6 Å². The van der Waals surface area contributed by atoms with Gasteiger partial charge in [-0.25, -0.2) is 4.98 Å². The van der Waals surface area contributed by atoms with Crippen LogP contribution in [-0.2, 0) is 9.53 Å². The van der Waals surface area contributed by atoms with Gasteiger partial charge in [-0.3, -0.25) is 14.3 Å². The first kappa shape index (κ1) is 21.8. The molecule has 14 nitrogen and oxygen atoms in total. The summed E-state index contributed by atoms with van der Waals surface area (Å²) >= 11 is 0. The second-order valence-electron chi connectivity index (χ2n) is 7.53. The van der Waals surface area contributed by atoms with Crippen molar-refractivity contribution in [1.82, 2.24) is 44.8 Å². The Morgan fingerprint density at radius 2 is 2.03 bits per heavy atom. The smallest absolute Gasteiger partial charge is 0.256 e. The highest BCUT2D eigenvalue weighted by Crippen LogP contribution is 2.33. The van der Waals surface area contributed by atoms with Gasteiger partial charge in [0.25, 0.3) is 11.9 Å². The average Bonchev–Trinajstić information content (AvgIpc) is 3.58. The monoisotopic (exact) mass is 466 g/mol. The third-order valence-corrected chi connectivity index (χ3v) is 5.40. The SMILES string of the molecule is CCNc1nc(-n2cc(-c3ccccn3)nn2)nc2c1ncn2C1OC(C(=O)NC)[C@@H](O)[C@H]1O. The van der Waals surface area contributed by atoms with Crippen LogP contribution in [0.15, 0.2) is 36.9 Å². The lowest BCUT2D eigenvalue weighted by Gasteiger charge is -2.16. The fraction of sp³-hybridized carbons (Fsp3) is 0.350. The van der Waals surface area contributed by atoms with Crippen LogP contribution in [0.3, 0.4) is 0 Å². The Morgan fingerprint density at radius 1 is 1.18 bits per heavy atom. The fourth-order valence-corrected chi connectivity index (χ4v) is 3.73. The molecule has 4 aromatic heterocycles. The molecule has 0 saturated carbocycles. The second-order valence-corrected chi connectivity index (χ2v) is 7.53. The Morgan fingerprint density at radius 3 is 2.76 bits per heavy atom. The summed E-state index contributed by atoms with van der Waals surface area (Å²) in [7, 11) is 1.42. The molecule has 0 spiro atoms. The number of likely N-dealkylation sites (N-methyl/N-ethyl adjacent to an activating group) is 1. The van der Waals surface area contributed by atoms with E-state index in [1.807, 2.05) is 19.1 Å². The molecule has 4 N–H and O–H groups in total. The number of fused-ring (bicyclic) bond motifs is 1. The molecular weight excluding hydrogens is 444 g/mol. The van der Waals surface area contributed by atoms with Gasteiger partial charge in [0.2, 0.25) is 0 Å². The van der Waals surface area contributed by atoms with E-state index in [9.17, 15) is 15.0 Å². The van der Waals surface area contributed by atoms with Crippen molar-refractivity contribution in [2.45, 2.75) is 31.5 Å². The molecule has 1 aliphatic rings. The summed E-state index contributed by atoms with van der Waals surface area (Å²) in [6.07, 6.45) is -0.431. The van der Waals surface area contributed by atoms with Gasteiger partial charge in [0.15, 0.2) is 29.3 Å². The Labute approximate surface area is 192 Å². The van der Waals surface area contributed by atoms with Crippen LogP contribution in [0.2, 0.25) is 0 Å². The summed E-state index contributed by atoms with van der Waals surface area (Å²) in [4.78, 5) is 29.8. The van der Waals surface area contributed by atoms with Gasteiger partial charge in [0.05, 0.1) is 18.2 Å². The first-order chi connectivity index (χ1) is 16.5. The quantitative estimate of drug-likeness (QED) is 0.281. The van der Waals surface area contributed by atoms with Crippen molar-refractivity contribution in [3.63, 3.8) is 0 Å². The van der Waals surface area contributed by atoms with Crippen molar-refractivity contribution in [3.8, 4) is 17.3 Å². The van der Waals surface area contributed by atoms with E-state index in [2.05, 4.69) is 40.9 Å². The maximum atomic E-state index is 12.1. The van der Waals surface area contributed by atoms with E-state index >= 15 is 0 Å². The van der Waals surface area contributed by atoms with Gasteiger partial charge in [-0.1, -0.05) is 11.3 Å². The van der Waals surface area contributed by atoms with E-state index in [0.717, 1.165) is 0 Å². The molecule has 1 saturated heterocycles. The van der Waals surface area contributed by atoms with Gasteiger partial charge in [-0.05, 0) is 19.1 Å². The topological polar surface area (TPSA) is 178 Å². The lowest BCUT2D eigenvalue weighted by Crippen LogP contribution is -2.41. The van der Waals surface area contributed by atoms with Crippen molar-refractivity contribution < 1.29 is 19.7 Å². The van der Waals surface area contributed by atoms with Gasteiger partial charge < -0.3 is 25.6 Å². The van der Waals surface area contributed by atoms with Crippen LogP contribution >= 0.6 is 0 Å². The molecule has 14 heteroatoms. The predicted molar refractivity (Wildman–Crippen MR) is 118 cm³/mol. The van der Waals surface area contributed by atoms with E-state index in [1.54, 1.807) is 18.5 Å². The van der Waals surface area contributed by atoms with Crippen LogP contribution in [0.1, 0.15) is 13.2 Å². The Bertz CT molecular complexity index is 1320. The Balaban J connectivity index is 1.58. The molecule has 0 aromatic carbocycles. The number of carbonyl (C=O) groups is 1. The number of imidazole rings is 1. The summed E-state index contributed by atoms with van der Waals surface area (Å²) in [5, 5.41) is 34.8. The summed E-state index contributed by atoms with van der Waals surface area (Å²) in [6.45, 7) is 2.47. The third-order valence-electron chi connectivity index (χ3n) is 5.40. The van der Waals surface area contributed by atoms with Gasteiger partial charge in [0.1, 0.15) is 17.9 Å². The van der Waals surface area contributed by atoms with Gasteiger partial charge in [-0.15, -0.1) is 5.10 Å². The van der Waals surface area contributed by atoms with Crippen molar-refractivity contribution in [2.24, 2.45) is 0 Å². The number of hydrogen-bond acceptors (Lipinski definition) is 11. The summed E-state index contributed by atoms with van der Waals surface area (Å²) in [6, 6.07) is 5.46. The molecule has 1 fully saturated rings. The first-order valence-electron chi connectivity index (χ1n) is 10.6. The summed E-state index contributed by atoms with van der Waals surface area (Å²) in [5.41, 5.74) is 1.91. The number of aliphatic hydroxyl groups is 2. The number of ether oxygens (including phenoxy) is 1. The molecule has 1 amide bonds. The molecule has 1 aliphatic heterocycles. The standard InChI is InChI=1S/C20H22N10O4/c1-3-22-16-12-17(29(9-24-12)19-14(32)13(31)15(34-19)18(33)21-2)26-20(25-16)30-8-11(27-28-30)10-6-4-5-7-23-10/h4-9,13-15,19,31-32H,3H2,1-2H3,(H,21,33)(H,22,25,26)/t13-,14+,15?,19?/m0/s1. The molecule has 2 unspecified atom stereocenters. The van der Waals surface area contributed by atoms with Crippen molar-refractivity contribution in [2.75, 3.05) is 18.9 Å². The van der Waals surface area contributed by atoms with Crippen LogP contribution in [0.4, 0.5) is 5.82 Å². The lowest BCUT2D eigenvalue weighted by atomic mass is 10.1. The number of nitrogens with one attached hydrogen (secondary N) is 2.